The van der Waals surface area contributed by atoms with Crippen molar-refractivity contribution in [2.45, 2.75) is 0 Å². The highest BCUT2D eigenvalue weighted by atomic mass is 35.5. The van der Waals surface area contributed by atoms with Crippen molar-refractivity contribution >= 4 is 46.7 Å². The number of anilines is 1. The van der Waals surface area contributed by atoms with Crippen molar-refractivity contribution in [3.8, 4) is 0 Å². The normalized spacial score (nSPS) is 10.2. The molecule has 0 radical (unpaired) electrons. The van der Waals surface area contributed by atoms with E-state index in [1.54, 1.807) is 0 Å². The minimum absolute atomic E-state index is 0.0801. The lowest BCUT2D eigenvalue weighted by Crippen LogP contribution is -2.14. The monoisotopic (exact) mass is 302 g/mol. The maximum Gasteiger partial charge on any atom is 0.259 e. The number of hydrogen-bond donors (Lipinski definition) is 1. The van der Waals surface area contributed by atoms with Gasteiger partial charge in [0.05, 0.1) is 10.6 Å². The minimum atomic E-state index is -0.494. The van der Waals surface area contributed by atoms with Gasteiger partial charge in [-0.05, 0) is 12.1 Å². The Bertz CT molecular complexity index is 605. The molecule has 0 aliphatic heterocycles. The van der Waals surface area contributed by atoms with Crippen molar-refractivity contribution in [2.24, 2.45) is 0 Å². The third-order valence-electron chi connectivity index (χ3n) is 1.91. The first-order valence-corrected chi connectivity index (χ1v) is 5.80. The molecule has 0 aliphatic rings. The highest BCUT2D eigenvalue weighted by Gasteiger charge is 2.13. The average molecular weight is 304 g/mol. The van der Waals surface area contributed by atoms with E-state index in [-0.39, 0.29) is 26.8 Å². The molecule has 0 spiro atoms. The summed E-state index contributed by atoms with van der Waals surface area (Å²) in [5.74, 6) is -0.414. The van der Waals surface area contributed by atoms with Gasteiger partial charge < -0.3 is 0 Å². The molecule has 18 heavy (non-hydrogen) atoms. The predicted octanol–water partition coefficient (Wildman–Crippen LogP) is 3.08. The summed E-state index contributed by atoms with van der Waals surface area (Å²) in [6.07, 6.45) is 2.71. The lowest BCUT2D eigenvalue weighted by molar-refractivity contribution is 0.102. The first-order valence-electron chi connectivity index (χ1n) is 4.67. The summed E-state index contributed by atoms with van der Waals surface area (Å²) >= 11 is 17.2. The van der Waals surface area contributed by atoms with Crippen LogP contribution in [-0.2, 0) is 0 Å². The zero-order valence-corrected chi connectivity index (χ0v) is 11.0. The van der Waals surface area contributed by atoms with Crippen molar-refractivity contribution < 1.29 is 4.79 Å². The van der Waals surface area contributed by atoms with Gasteiger partial charge in [0, 0.05) is 12.4 Å². The van der Waals surface area contributed by atoms with Crippen LogP contribution in [0.25, 0.3) is 0 Å². The molecular formula is C10H5Cl3N4O. The predicted molar refractivity (Wildman–Crippen MR) is 69.3 cm³/mol. The van der Waals surface area contributed by atoms with Gasteiger partial charge in [0.1, 0.15) is 10.3 Å². The summed E-state index contributed by atoms with van der Waals surface area (Å²) in [6, 6.07) is 2.84. The van der Waals surface area contributed by atoms with Gasteiger partial charge in [0.15, 0.2) is 0 Å². The number of nitrogens with zero attached hydrogens (tertiary/aromatic N) is 3. The van der Waals surface area contributed by atoms with Crippen LogP contribution < -0.4 is 5.32 Å². The smallest absolute Gasteiger partial charge is 0.259 e. The fraction of sp³-hybridized carbons (Fsp3) is 0. The Morgan fingerprint density at radius 3 is 2.67 bits per heavy atom. The molecule has 0 fully saturated rings. The fourth-order valence-electron chi connectivity index (χ4n) is 1.15. The van der Waals surface area contributed by atoms with Crippen LogP contribution in [0.15, 0.2) is 24.5 Å². The number of pyridine rings is 1. The molecule has 2 rings (SSSR count). The molecule has 0 aromatic carbocycles. The van der Waals surface area contributed by atoms with Crippen LogP contribution in [0.1, 0.15) is 10.4 Å². The van der Waals surface area contributed by atoms with Gasteiger partial charge in [0.25, 0.3) is 5.91 Å². The van der Waals surface area contributed by atoms with Gasteiger partial charge in [-0.3, -0.25) is 10.1 Å². The molecule has 0 bridgehead atoms. The van der Waals surface area contributed by atoms with E-state index in [2.05, 4.69) is 20.3 Å². The number of carbonyl (C=O) groups is 1. The van der Waals surface area contributed by atoms with Crippen LogP contribution in [0, 0.1) is 0 Å². The molecule has 2 aromatic rings. The van der Waals surface area contributed by atoms with Crippen molar-refractivity contribution in [3.05, 3.63) is 45.4 Å². The Labute approximate surface area is 117 Å². The van der Waals surface area contributed by atoms with Crippen molar-refractivity contribution in [3.63, 3.8) is 0 Å². The molecule has 1 N–H and O–H groups in total. The van der Waals surface area contributed by atoms with Crippen LogP contribution in [-0.4, -0.2) is 20.9 Å². The number of halogens is 3. The second kappa shape index (κ2) is 5.48. The van der Waals surface area contributed by atoms with Gasteiger partial charge in [-0.25, -0.2) is 15.0 Å². The van der Waals surface area contributed by atoms with Gasteiger partial charge in [0.2, 0.25) is 5.95 Å². The number of rotatable bonds is 2. The molecule has 2 heterocycles. The second-order valence-corrected chi connectivity index (χ2v) is 4.33. The first kappa shape index (κ1) is 13.0. The summed E-state index contributed by atoms with van der Waals surface area (Å²) in [5.41, 5.74) is 0.181. The largest absolute Gasteiger partial charge is 0.290 e. The van der Waals surface area contributed by atoms with E-state index in [0.717, 1.165) is 0 Å². The quantitative estimate of drug-likeness (QED) is 0.684. The maximum absolute atomic E-state index is 11.9. The fourth-order valence-corrected chi connectivity index (χ4v) is 1.64. The lowest BCUT2D eigenvalue weighted by atomic mass is 10.2. The average Bonchev–Trinajstić information content (AvgIpc) is 2.32. The Morgan fingerprint density at radius 1 is 1.17 bits per heavy atom. The Kier molecular flexibility index (Phi) is 3.96. The molecule has 8 heteroatoms. The summed E-state index contributed by atoms with van der Waals surface area (Å²) < 4.78 is 0. The Hall–Kier alpha value is -1.43. The van der Waals surface area contributed by atoms with Crippen LogP contribution in [0.2, 0.25) is 15.3 Å². The van der Waals surface area contributed by atoms with E-state index in [9.17, 15) is 4.79 Å². The van der Waals surface area contributed by atoms with E-state index in [0.29, 0.717) is 0 Å². The molecule has 92 valence electrons. The van der Waals surface area contributed by atoms with Crippen molar-refractivity contribution in [1.82, 2.24) is 15.0 Å². The lowest BCUT2D eigenvalue weighted by Gasteiger charge is -2.05. The van der Waals surface area contributed by atoms with Gasteiger partial charge >= 0.3 is 0 Å². The SMILES string of the molecule is O=C(Nc1nccc(Cl)n1)c1cc(Cl)ncc1Cl. The van der Waals surface area contributed by atoms with Gasteiger partial charge in [-0.1, -0.05) is 34.8 Å². The zero-order valence-electron chi connectivity index (χ0n) is 8.69. The Balaban J connectivity index is 2.24. The number of nitrogens with one attached hydrogen (secondary N) is 1. The van der Waals surface area contributed by atoms with E-state index in [1.807, 2.05) is 0 Å². The zero-order chi connectivity index (χ0) is 13.1. The van der Waals surface area contributed by atoms with Crippen molar-refractivity contribution in [1.29, 1.82) is 0 Å². The van der Waals surface area contributed by atoms with E-state index < -0.39 is 5.91 Å². The second-order valence-electron chi connectivity index (χ2n) is 3.14. The molecular weight excluding hydrogens is 298 g/mol. The van der Waals surface area contributed by atoms with Gasteiger partial charge in [-0.2, -0.15) is 0 Å². The number of carbonyl (C=O) groups excluding carboxylic acids is 1. The summed E-state index contributed by atoms with van der Waals surface area (Å²) in [6.45, 7) is 0. The molecule has 0 saturated carbocycles. The molecule has 2 aromatic heterocycles. The standard InChI is InChI=1S/C10H5Cl3N4O/c11-6-4-15-8(13)3-5(6)9(18)17-10-14-2-1-7(12)16-10/h1-4H,(H,14,16,17,18). The topological polar surface area (TPSA) is 67.8 Å². The first-order chi connectivity index (χ1) is 8.56. The Morgan fingerprint density at radius 2 is 1.94 bits per heavy atom. The molecule has 1 amide bonds. The van der Waals surface area contributed by atoms with Crippen LogP contribution in [0.3, 0.4) is 0 Å². The molecule has 0 saturated heterocycles. The molecule has 5 nitrogen and oxygen atoms in total. The number of amides is 1. The van der Waals surface area contributed by atoms with E-state index in [4.69, 9.17) is 34.8 Å². The highest BCUT2D eigenvalue weighted by Crippen LogP contribution is 2.19. The van der Waals surface area contributed by atoms with E-state index >= 15 is 0 Å². The maximum atomic E-state index is 11.9. The number of aromatic nitrogens is 3. The van der Waals surface area contributed by atoms with Gasteiger partial charge in [-0.15, -0.1) is 0 Å². The van der Waals surface area contributed by atoms with Crippen LogP contribution >= 0.6 is 34.8 Å². The summed E-state index contributed by atoms with van der Waals surface area (Å²) in [7, 11) is 0. The molecule has 0 atom stereocenters. The summed E-state index contributed by atoms with van der Waals surface area (Å²) in [4.78, 5) is 23.3. The molecule has 0 unspecified atom stereocenters. The highest BCUT2D eigenvalue weighted by molar-refractivity contribution is 6.35. The third kappa shape index (κ3) is 3.07. The minimum Gasteiger partial charge on any atom is -0.290 e. The van der Waals surface area contributed by atoms with Crippen molar-refractivity contribution in [2.75, 3.05) is 5.32 Å². The van der Waals surface area contributed by atoms with E-state index in [1.165, 1.54) is 24.5 Å². The van der Waals surface area contributed by atoms with Crippen LogP contribution in [0.4, 0.5) is 5.95 Å². The number of hydrogen-bond acceptors (Lipinski definition) is 4. The molecule has 0 aliphatic carbocycles. The third-order valence-corrected chi connectivity index (χ3v) is 2.63. The van der Waals surface area contributed by atoms with Crippen LogP contribution in [0.5, 0.6) is 0 Å². The summed E-state index contributed by atoms with van der Waals surface area (Å²) in [5, 5.41) is 3.02.